The third-order valence-electron chi connectivity index (χ3n) is 11.3. The van der Waals surface area contributed by atoms with Crippen molar-refractivity contribution < 1.29 is 0 Å². The molecular formula is C54H36N2. The van der Waals surface area contributed by atoms with Crippen LogP contribution in [0.5, 0.6) is 0 Å². The van der Waals surface area contributed by atoms with Gasteiger partial charge in [-0.15, -0.1) is 0 Å². The molecule has 0 amide bonds. The van der Waals surface area contributed by atoms with Gasteiger partial charge >= 0.3 is 0 Å². The van der Waals surface area contributed by atoms with E-state index < -0.39 is 0 Å². The maximum absolute atomic E-state index is 2.50. The van der Waals surface area contributed by atoms with Gasteiger partial charge < -0.3 is 9.47 Å². The first-order valence-electron chi connectivity index (χ1n) is 19.3. The Kier molecular flexibility index (Phi) is 7.53. The molecule has 11 rings (SSSR count). The summed E-state index contributed by atoms with van der Waals surface area (Å²) < 4.78 is 2.41. The number of para-hydroxylation sites is 2. The number of fused-ring (bicyclic) bond motifs is 8. The Bertz CT molecular complexity index is 3200. The van der Waals surface area contributed by atoms with Crippen molar-refractivity contribution >= 4 is 71.2 Å². The molecule has 56 heavy (non-hydrogen) atoms. The van der Waals surface area contributed by atoms with Gasteiger partial charge in [0.1, 0.15) is 0 Å². The molecule has 2 heteroatoms. The van der Waals surface area contributed by atoms with Crippen LogP contribution in [0.15, 0.2) is 218 Å². The van der Waals surface area contributed by atoms with E-state index in [4.69, 9.17) is 0 Å². The normalized spacial score (nSPS) is 11.6. The number of nitrogens with zero attached hydrogens (tertiary/aromatic N) is 2. The molecule has 0 unspecified atom stereocenters. The lowest BCUT2D eigenvalue weighted by Crippen LogP contribution is -2.13. The summed E-state index contributed by atoms with van der Waals surface area (Å²) in [5.74, 6) is 0. The molecule has 0 saturated heterocycles. The topological polar surface area (TPSA) is 8.17 Å². The number of aromatic nitrogens is 1. The van der Waals surface area contributed by atoms with Crippen molar-refractivity contribution in [2.24, 2.45) is 0 Å². The Morgan fingerprint density at radius 1 is 0.304 bits per heavy atom. The summed E-state index contributed by atoms with van der Waals surface area (Å²) in [6.07, 6.45) is 0. The quantitative estimate of drug-likeness (QED) is 0.156. The first-order chi connectivity index (χ1) is 27.8. The smallest absolute Gasteiger partial charge is 0.0546 e. The minimum atomic E-state index is 1.08. The van der Waals surface area contributed by atoms with E-state index in [1.165, 1.54) is 70.8 Å². The molecule has 11 aromatic rings. The van der Waals surface area contributed by atoms with Crippen LogP contribution in [0.2, 0.25) is 0 Å². The maximum atomic E-state index is 2.50. The summed E-state index contributed by atoms with van der Waals surface area (Å²) in [5.41, 5.74) is 11.5. The van der Waals surface area contributed by atoms with Gasteiger partial charge in [0.15, 0.2) is 0 Å². The van der Waals surface area contributed by atoms with Gasteiger partial charge in [0.25, 0.3) is 0 Å². The highest BCUT2D eigenvalue weighted by Crippen LogP contribution is 2.48. The van der Waals surface area contributed by atoms with Gasteiger partial charge in [0, 0.05) is 33.1 Å². The van der Waals surface area contributed by atoms with Crippen LogP contribution >= 0.6 is 0 Å². The molecule has 0 radical (unpaired) electrons. The minimum Gasteiger partial charge on any atom is -0.309 e. The standard InChI is InChI=1S/C54H36N2/c1-3-16-37(17-4-1)40-31-33-53(49(34-40)38-18-5-2-6-19-38)56(54-36-50-43-23-8-7-20-39(43)30-32-45(50)44-24-9-10-25-46(44)54)42-22-15-21-41(35-42)55-51-28-13-11-26-47(51)48-27-12-14-29-52(48)55/h1-36H. The molecule has 0 spiro atoms. The van der Waals surface area contributed by atoms with E-state index in [2.05, 4.69) is 228 Å². The van der Waals surface area contributed by atoms with Crippen LogP contribution in [0.3, 0.4) is 0 Å². The van der Waals surface area contributed by atoms with Gasteiger partial charge in [-0.25, -0.2) is 0 Å². The molecule has 10 aromatic carbocycles. The van der Waals surface area contributed by atoms with Gasteiger partial charge in [0.2, 0.25) is 0 Å². The van der Waals surface area contributed by atoms with E-state index in [-0.39, 0.29) is 0 Å². The lowest BCUT2D eigenvalue weighted by Gasteiger charge is -2.30. The third kappa shape index (κ3) is 5.19. The van der Waals surface area contributed by atoms with Crippen LogP contribution in [-0.2, 0) is 0 Å². The second kappa shape index (κ2) is 13.2. The molecule has 0 N–H and O–H groups in total. The summed E-state index contributed by atoms with van der Waals surface area (Å²) in [6.45, 7) is 0. The Morgan fingerprint density at radius 3 is 1.62 bits per heavy atom. The molecule has 0 aliphatic rings. The summed E-state index contributed by atoms with van der Waals surface area (Å²) in [5, 5.41) is 9.91. The first kappa shape index (κ1) is 32.0. The van der Waals surface area contributed by atoms with E-state index in [0.29, 0.717) is 0 Å². The molecule has 0 aliphatic carbocycles. The number of rotatable bonds is 6. The lowest BCUT2D eigenvalue weighted by molar-refractivity contribution is 1.17. The van der Waals surface area contributed by atoms with Crippen molar-refractivity contribution in [3.05, 3.63) is 218 Å². The maximum Gasteiger partial charge on any atom is 0.0546 e. The summed E-state index contributed by atoms with van der Waals surface area (Å²) in [4.78, 5) is 2.50. The molecule has 0 fully saturated rings. The fourth-order valence-corrected chi connectivity index (χ4v) is 8.80. The zero-order valence-corrected chi connectivity index (χ0v) is 30.7. The van der Waals surface area contributed by atoms with Crippen molar-refractivity contribution in [2.75, 3.05) is 4.90 Å². The fourth-order valence-electron chi connectivity index (χ4n) is 8.80. The Morgan fingerprint density at radius 2 is 0.893 bits per heavy atom. The Balaban J connectivity index is 1.24. The number of anilines is 3. The molecule has 262 valence electrons. The van der Waals surface area contributed by atoms with Crippen molar-refractivity contribution in [2.45, 2.75) is 0 Å². The van der Waals surface area contributed by atoms with Gasteiger partial charge in [0.05, 0.1) is 22.4 Å². The average molecular weight is 713 g/mol. The zero-order valence-electron chi connectivity index (χ0n) is 30.7. The van der Waals surface area contributed by atoms with E-state index in [1.807, 2.05) is 0 Å². The van der Waals surface area contributed by atoms with Crippen LogP contribution in [0.25, 0.3) is 82.1 Å². The van der Waals surface area contributed by atoms with E-state index in [0.717, 1.165) is 28.3 Å². The zero-order chi connectivity index (χ0) is 37.0. The molecular weight excluding hydrogens is 677 g/mol. The molecule has 1 aromatic heterocycles. The van der Waals surface area contributed by atoms with Crippen LogP contribution in [0, 0.1) is 0 Å². The SMILES string of the molecule is c1ccc(-c2ccc(N(c3cccc(-n4c5ccccc5c5ccccc54)c3)c3cc4c5ccccc5ccc4c4ccccc34)c(-c3ccccc3)c2)cc1. The Labute approximate surface area is 325 Å². The van der Waals surface area contributed by atoms with Gasteiger partial charge in [-0.05, 0) is 92.2 Å². The highest BCUT2D eigenvalue weighted by atomic mass is 15.1. The molecule has 0 atom stereocenters. The number of benzene rings is 10. The fraction of sp³-hybridized carbons (Fsp3) is 0. The third-order valence-corrected chi connectivity index (χ3v) is 11.3. The van der Waals surface area contributed by atoms with E-state index >= 15 is 0 Å². The predicted molar refractivity (Wildman–Crippen MR) is 239 cm³/mol. The second-order valence-electron chi connectivity index (χ2n) is 14.5. The summed E-state index contributed by atoms with van der Waals surface area (Å²) >= 11 is 0. The van der Waals surface area contributed by atoms with E-state index in [1.54, 1.807) is 0 Å². The predicted octanol–water partition coefficient (Wildman–Crippen LogP) is 15.0. The average Bonchev–Trinajstić information content (AvgIpc) is 3.62. The molecule has 1 heterocycles. The van der Waals surface area contributed by atoms with E-state index in [9.17, 15) is 0 Å². The van der Waals surface area contributed by atoms with Gasteiger partial charge in [-0.3, -0.25) is 0 Å². The largest absolute Gasteiger partial charge is 0.309 e. The molecule has 0 aliphatic heterocycles. The monoisotopic (exact) mass is 712 g/mol. The highest BCUT2D eigenvalue weighted by molar-refractivity contribution is 6.21. The van der Waals surface area contributed by atoms with Crippen molar-refractivity contribution in [1.82, 2.24) is 4.57 Å². The number of hydrogen-bond acceptors (Lipinski definition) is 1. The van der Waals surface area contributed by atoms with Crippen molar-refractivity contribution in [3.63, 3.8) is 0 Å². The summed E-state index contributed by atoms with van der Waals surface area (Å²) in [7, 11) is 0. The lowest BCUT2D eigenvalue weighted by atomic mass is 9.93. The van der Waals surface area contributed by atoms with Gasteiger partial charge in [-0.2, -0.15) is 0 Å². The van der Waals surface area contributed by atoms with Crippen LogP contribution < -0.4 is 4.90 Å². The summed E-state index contributed by atoms with van der Waals surface area (Å²) in [6, 6.07) is 79.7. The second-order valence-corrected chi connectivity index (χ2v) is 14.5. The van der Waals surface area contributed by atoms with Crippen LogP contribution in [-0.4, -0.2) is 4.57 Å². The molecule has 2 nitrogen and oxygen atoms in total. The number of hydrogen-bond donors (Lipinski definition) is 0. The van der Waals surface area contributed by atoms with Gasteiger partial charge in [-0.1, -0.05) is 170 Å². The highest BCUT2D eigenvalue weighted by Gasteiger charge is 2.23. The first-order valence-corrected chi connectivity index (χ1v) is 19.3. The Hall–Kier alpha value is -7.42. The molecule has 0 bridgehead atoms. The molecule has 0 saturated carbocycles. The van der Waals surface area contributed by atoms with Crippen molar-refractivity contribution in [3.8, 4) is 27.9 Å². The van der Waals surface area contributed by atoms with Crippen molar-refractivity contribution in [1.29, 1.82) is 0 Å². The van der Waals surface area contributed by atoms with Crippen LogP contribution in [0.4, 0.5) is 17.1 Å². The van der Waals surface area contributed by atoms with Crippen LogP contribution in [0.1, 0.15) is 0 Å². The minimum absolute atomic E-state index is 1.08.